The van der Waals surface area contributed by atoms with Crippen LogP contribution in [0.1, 0.15) is 5.69 Å². The maximum absolute atomic E-state index is 11.0. The monoisotopic (exact) mass is 191 g/mol. The fourth-order valence-corrected chi connectivity index (χ4v) is 1.14. The second-order valence-corrected chi connectivity index (χ2v) is 2.85. The molecule has 0 radical (unpaired) electrons. The maximum Gasteiger partial charge on any atom is 0.251 e. The van der Waals surface area contributed by atoms with Gasteiger partial charge in [-0.2, -0.15) is 0 Å². The summed E-state index contributed by atoms with van der Waals surface area (Å²) >= 11 is 0. The second-order valence-electron chi connectivity index (χ2n) is 2.85. The first-order valence-corrected chi connectivity index (χ1v) is 4.05. The molecule has 0 atom stereocenters. The highest BCUT2D eigenvalue weighted by molar-refractivity contribution is 5.97. The number of hydrogen-bond acceptors (Lipinski definition) is 3. The molecule has 0 saturated carbocycles. The average Bonchev–Trinajstić information content (AvgIpc) is 2.67. The van der Waals surface area contributed by atoms with Crippen molar-refractivity contribution in [2.24, 2.45) is 0 Å². The van der Waals surface area contributed by atoms with E-state index in [2.05, 4.69) is 27.2 Å². The third kappa shape index (κ3) is 1.26. The molecule has 0 fully saturated rings. The number of fused-ring (bicyclic) bond motifs is 1. The van der Waals surface area contributed by atoms with Crippen molar-refractivity contribution < 1.29 is 4.79 Å². The van der Waals surface area contributed by atoms with E-state index in [4.69, 9.17) is 0 Å². The Hall–Kier alpha value is -2.11. The van der Waals surface area contributed by atoms with E-state index in [1.165, 1.54) is 6.08 Å². The number of aromatic nitrogens is 4. The highest BCUT2D eigenvalue weighted by Crippen LogP contribution is 2.08. The molecule has 2 rings (SSSR count). The first kappa shape index (κ1) is 8.49. The van der Waals surface area contributed by atoms with Crippen molar-refractivity contribution >= 4 is 17.5 Å². The summed E-state index contributed by atoms with van der Waals surface area (Å²) in [5, 5.41) is 13.2. The summed E-state index contributed by atoms with van der Waals surface area (Å²) in [5.74, 6) is 0.0459. The van der Waals surface area contributed by atoms with Gasteiger partial charge in [0.15, 0.2) is 5.65 Å². The predicted octanol–water partition coefficient (Wildman–Crippen LogP) is 0.490. The molecule has 0 aliphatic rings. The van der Waals surface area contributed by atoms with Gasteiger partial charge in [-0.05, 0) is 13.0 Å². The van der Waals surface area contributed by atoms with E-state index in [0.717, 1.165) is 5.69 Å². The van der Waals surface area contributed by atoms with E-state index in [0.29, 0.717) is 11.6 Å². The number of carbonyl (C=O) groups is 1. The lowest BCUT2D eigenvalue weighted by atomic mass is 10.5. The van der Waals surface area contributed by atoms with Gasteiger partial charge in [-0.15, -0.1) is 10.2 Å². The zero-order valence-corrected chi connectivity index (χ0v) is 7.61. The van der Waals surface area contributed by atoms with Gasteiger partial charge in [0.05, 0.1) is 0 Å². The minimum atomic E-state index is -0.313. The number of amides is 1. The first-order chi connectivity index (χ1) is 6.70. The summed E-state index contributed by atoms with van der Waals surface area (Å²) < 4.78 is 1.59. The van der Waals surface area contributed by atoms with Crippen LogP contribution in [0.2, 0.25) is 0 Å². The van der Waals surface area contributed by atoms with Gasteiger partial charge in [0.25, 0.3) is 5.95 Å². The highest BCUT2D eigenvalue weighted by atomic mass is 16.1. The Bertz CT molecular complexity index is 495. The van der Waals surface area contributed by atoms with Crippen LogP contribution >= 0.6 is 0 Å². The largest absolute Gasteiger partial charge is 0.294 e. The smallest absolute Gasteiger partial charge is 0.251 e. The van der Waals surface area contributed by atoms with Crippen LogP contribution in [0.25, 0.3) is 5.65 Å². The molecule has 0 saturated heterocycles. The lowest BCUT2D eigenvalue weighted by Crippen LogP contribution is -2.10. The molecule has 0 bridgehead atoms. The van der Waals surface area contributed by atoms with E-state index < -0.39 is 0 Å². The van der Waals surface area contributed by atoms with Crippen molar-refractivity contribution in [1.82, 2.24) is 19.8 Å². The van der Waals surface area contributed by atoms with Gasteiger partial charge >= 0.3 is 0 Å². The van der Waals surface area contributed by atoms with Crippen molar-refractivity contribution in [1.29, 1.82) is 0 Å². The summed E-state index contributed by atoms with van der Waals surface area (Å²) in [6.07, 6.45) is 1.18. The van der Waals surface area contributed by atoms with E-state index >= 15 is 0 Å². The first-order valence-electron chi connectivity index (χ1n) is 4.05. The summed E-state index contributed by atoms with van der Waals surface area (Å²) in [5.41, 5.74) is 1.62. The Morgan fingerprint density at radius 1 is 1.71 bits per heavy atom. The van der Waals surface area contributed by atoms with Crippen molar-refractivity contribution in [2.45, 2.75) is 6.92 Å². The normalized spacial score (nSPS) is 10.4. The Morgan fingerprint density at radius 2 is 2.50 bits per heavy atom. The molecule has 2 N–H and O–H groups in total. The van der Waals surface area contributed by atoms with Crippen LogP contribution in [0.4, 0.5) is 5.95 Å². The van der Waals surface area contributed by atoms with Crippen LogP contribution in [0.3, 0.4) is 0 Å². The molecule has 0 spiro atoms. The van der Waals surface area contributed by atoms with E-state index in [1.807, 2.05) is 13.0 Å². The number of rotatable bonds is 2. The van der Waals surface area contributed by atoms with E-state index in [-0.39, 0.29) is 5.91 Å². The Labute approximate surface area is 79.6 Å². The molecule has 6 nitrogen and oxygen atoms in total. The lowest BCUT2D eigenvalue weighted by Gasteiger charge is -1.96. The third-order valence-corrected chi connectivity index (χ3v) is 1.74. The van der Waals surface area contributed by atoms with Gasteiger partial charge in [0, 0.05) is 11.8 Å². The van der Waals surface area contributed by atoms with Crippen LogP contribution in [-0.4, -0.2) is 25.7 Å². The number of hydrogen-bond donors (Lipinski definition) is 2. The maximum atomic E-state index is 11.0. The Balaban J connectivity index is 2.41. The fourth-order valence-electron chi connectivity index (χ4n) is 1.14. The number of aryl methyl sites for hydroxylation is 1. The van der Waals surface area contributed by atoms with E-state index in [1.54, 1.807) is 4.52 Å². The molecule has 2 aromatic heterocycles. The van der Waals surface area contributed by atoms with Crippen LogP contribution in [-0.2, 0) is 4.79 Å². The number of H-pyrrole nitrogens is 1. The minimum absolute atomic E-state index is 0.313. The highest BCUT2D eigenvalue weighted by Gasteiger charge is 2.08. The molecule has 1 amide bonds. The molecule has 14 heavy (non-hydrogen) atoms. The van der Waals surface area contributed by atoms with Crippen molar-refractivity contribution in [3.63, 3.8) is 0 Å². The van der Waals surface area contributed by atoms with Crippen LogP contribution in [0, 0.1) is 6.92 Å². The average molecular weight is 191 g/mol. The Kier molecular flexibility index (Phi) is 1.81. The molecule has 72 valence electrons. The van der Waals surface area contributed by atoms with Crippen LogP contribution < -0.4 is 5.32 Å². The summed E-state index contributed by atoms with van der Waals surface area (Å²) in [7, 11) is 0. The molecule has 2 aromatic rings. The zero-order valence-electron chi connectivity index (χ0n) is 7.61. The Morgan fingerprint density at radius 3 is 3.21 bits per heavy atom. The lowest BCUT2D eigenvalue weighted by molar-refractivity contribution is -0.111. The molecule has 6 heteroatoms. The number of aromatic amines is 1. The number of nitrogens with zero attached hydrogens (tertiary/aromatic N) is 3. The molecule has 0 aliphatic heterocycles. The summed E-state index contributed by atoms with van der Waals surface area (Å²) in [6.45, 7) is 5.24. The van der Waals surface area contributed by atoms with E-state index in [9.17, 15) is 4.79 Å². The van der Waals surface area contributed by atoms with Crippen molar-refractivity contribution in [3.05, 3.63) is 24.4 Å². The molecular weight excluding hydrogens is 182 g/mol. The fraction of sp³-hybridized carbons (Fsp3) is 0.125. The van der Waals surface area contributed by atoms with Crippen LogP contribution in [0.5, 0.6) is 0 Å². The molecule has 0 aliphatic carbocycles. The SMILES string of the molecule is C=CC(=O)Nc1nnc2cc(C)[nH]n12. The second kappa shape index (κ2) is 2.99. The van der Waals surface area contributed by atoms with Crippen LogP contribution in [0.15, 0.2) is 18.7 Å². The number of nitrogens with one attached hydrogen (secondary N) is 2. The minimum Gasteiger partial charge on any atom is -0.294 e. The standard InChI is InChI=1S/C8H9N5O/c1-3-7(14)9-8-11-10-6-4-5(2)12-13(6)8/h3-4,12H,1H2,2H3,(H,9,11,14). The van der Waals surface area contributed by atoms with Crippen molar-refractivity contribution in [2.75, 3.05) is 5.32 Å². The molecule has 2 heterocycles. The summed E-state index contributed by atoms with van der Waals surface area (Å²) in [6, 6.07) is 1.83. The predicted molar refractivity (Wildman–Crippen MR) is 50.9 cm³/mol. The molecule has 0 unspecified atom stereocenters. The topological polar surface area (TPSA) is 75.1 Å². The van der Waals surface area contributed by atoms with Gasteiger partial charge in [-0.1, -0.05) is 6.58 Å². The molecular formula is C8H9N5O. The van der Waals surface area contributed by atoms with Gasteiger partial charge in [0.2, 0.25) is 5.91 Å². The number of carbonyl (C=O) groups excluding carboxylic acids is 1. The van der Waals surface area contributed by atoms with Gasteiger partial charge < -0.3 is 0 Å². The quantitative estimate of drug-likeness (QED) is 0.678. The zero-order chi connectivity index (χ0) is 10.1. The molecule has 0 aromatic carbocycles. The summed E-state index contributed by atoms with van der Waals surface area (Å²) in [4.78, 5) is 11.0. The van der Waals surface area contributed by atoms with Gasteiger partial charge in [0.1, 0.15) is 0 Å². The van der Waals surface area contributed by atoms with Crippen molar-refractivity contribution in [3.8, 4) is 0 Å². The van der Waals surface area contributed by atoms with Gasteiger partial charge in [-0.3, -0.25) is 15.2 Å². The number of anilines is 1. The van der Waals surface area contributed by atoms with Gasteiger partial charge in [-0.25, -0.2) is 4.52 Å². The third-order valence-electron chi connectivity index (χ3n) is 1.74.